The topological polar surface area (TPSA) is 51.2 Å². The van der Waals surface area contributed by atoms with Gasteiger partial charge in [0.05, 0.1) is 16.8 Å². The van der Waals surface area contributed by atoms with Crippen LogP contribution in [-0.4, -0.2) is 17.5 Å². The molecule has 1 atom stereocenters. The van der Waals surface area contributed by atoms with Crippen molar-refractivity contribution in [2.75, 3.05) is 11.9 Å². The summed E-state index contributed by atoms with van der Waals surface area (Å²) in [6, 6.07) is 14.6. The molecule has 4 nitrogen and oxygen atoms in total. The Morgan fingerprint density at radius 3 is 2.57 bits per heavy atom. The molecule has 0 fully saturated rings. The average molecular weight is 425 g/mol. The van der Waals surface area contributed by atoms with Crippen molar-refractivity contribution in [2.24, 2.45) is 0 Å². The van der Waals surface area contributed by atoms with Crippen LogP contribution in [0, 0.1) is 0 Å². The highest BCUT2D eigenvalue weighted by molar-refractivity contribution is 7.22. The van der Waals surface area contributed by atoms with Gasteiger partial charge in [-0.3, -0.25) is 4.79 Å². The van der Waals surface area contributed by atoms with Gasteiger partial charge in [0.25, 0.3) is 0 Å². The molecule has 0 saturated heterocycles. The molecule has 1 amide bonds. The van der Waals surface area contributed by atoms with Crippen LogP contribution >= 0.6 is 11.3 Å². The second-order valence-electron chi connectivity index (χ2n) is 8.83. The molecule has 1 unspecified atom stereocenters. The smallest absolute Gasteiger partial charge is 0.226 e. The molecule has 0 saturated carbocycles. The molecule has 5 heteroatoms. The first-order chi connectivity index (χ1) is 14.3. The molecule has 1 aromatic heterocycles. The second-order valence-corrected chi connectivity index (χ2v) is 9.86. The molecule has 3 rings (SSSR count). The largest absolute Gasteiger partial charge is 0.494 e. The van der Waals surface area contributed by atoms with Gasteiger partial charge in [-0.15, -0.1) is 0 Å². The first kappa shape index (κ1) is 22.3. The van der Waals surface area contributed by atoms with E-state index in [1.54, 1.807) is 0 Å². The van der Waals surface area contributed by atoms with Crippen molar-refractivity contribution in [3.63, 3.8) is 0 Å². The number of nitrogens with zero attached hydrogens (tertiary/aromatic N) is 1. The van der Waals surface area contributed by atoms with Crippen LogP contribution in [0.4, 0.5) is 5.13 Å². The highest BCUT2D eigenvalue weighted by atomic mass is 32.1. The van der Waals surface area contributed by atoms with Gasteiger partial charge in [0, 0.05) is 6.42 Å². The maximum Gasteiger partial charge on any atom is 0.226 e. The molecule has 0 radical (unpaired) electrons. The minimum absolute atomic E-state index is 0.0251. The predicted molar refractivity (Wildman–Crippen MR) is 127 cm³/mol. The van der Waals surface area contributed by atoms with Crippen LogP contribution in [0.2, 0.25) is 0 Å². The minimum Gasteiger partial charge on any atom is -0.494 e. The Hall–Kier alpha value is -2.40. The van der Waals surface area contributed by atoms with Gasteiger partial charge >= 0.3 is 0 Å². The maximum atomic E-state index is 12.3. The summed E-state index contributed by atoms with van der Waals surface area (Å²) in [6.45, 7) is 11.5. The van der Waals surface area contributed by atoms with Crippen molar-refractivity contribution >= 4 is 32.6 Å². The number of carbonyl (C=O) groups is 1. The molecule has 30 heavy (non-hydrogen) atoms. The first-order valence-corrected chi connectivity index (χ1v) is 11.5. The Balaban J connectivity index is 1.46. The molecule has 0 aliphatic carbocycles. The van der Waals surface area contributed by atoms with E-state index in [4.69, 9.17) is 4.74 Å². The highest BCUT2D eigenvalue weighted by Gasteiger charge is 2.13. The van der Waals surface area contributed by atoms with Crippen LogP contribution in [0.5, 0.6) is 5.75 Å². The van der Waals surface area contributed by atoms with Crippen molar-refractivity contribution in [1.82, 2.24) is 4.98 Å². The summed E-state index contributed by atoms with van der Waals surface area (Å²) >= 11 is 1.53. The zero-order chi connectivity index (χ0) is 21.7. The second kappa shape index (κ2) is 9.61. The third kappa shape index (κ3) is 5.82. The molecule has 2 aromatic carbocycles. The fourth-order valence-corrected chi connectivity index (χ4v) is 4.12. The molecule has 0 aliphatic heterocycles. The van der Waals surface area contributed by atoms with E-state index in [1.807, 2.05) is 18.2 Å². The zero-order valence-corrected chi connectivity index (χ0v) is 19.4. The average Bonchev–Trinajstić information content (AvgIpc) is 3.11. The number of anilines is 1. The molecule has 0 spiro atoms. The van der Waals surface area contributed by atoms with Gasteiger partial charge in [0.1, 0.15) is 5.75 Å². The van der Waals surface area contributed by atoms with E-state index < -0.39 is 0 Å². The Kier molecular flexibility index (Phi) is 7.14. The van der Waals surface area contributed by atoms with Gasteiger partial charge in [-0.05, 0) is 59.6 Å². The monoisotopic (exact) mass is 424 g/mol. The predicted octanol–water partition coefficient (Wildman–Crippen LogP) is 6.91. The lowest BCUT2D eigenvalue weighted by Crippen LogP contribution is -2.13. The summed E-state index contributed by atoms with van der Waals surface area (Å²) in [7, 11) is 0. The fraction of sp³-hybridized carbons (Fsp3) is 0.440. The van der Waals surface area contributed by atoms with Crippen molar-refractivity contribution < 1.29 is 9.53 Å². The lowest BCUT2D eigenvalue weighted by atomic mass is 9.87. The molecule has 1 heterocycles. The van der Waals surface area contributed by atoms with Gasteiger partial charge in [-0.25, -0.2) is 4.98 Å². The fourth-order valence-electron chi connectivity index (χ4n) is 3.19. The number of hydrogen-bond donors (Lipinski definition) is 1. The number of rotatable bonds is 8. The van der Waals surface area contributed by atoms with E-state index in [0.29, 0.717) is 30.5 Å². The molecule has 3 aromatic rings. The van der Waals surface area contributed by atoms with Crippen LogP contribution < -0.4 is 10.1 Å². The quantitative estimate of drug-likeness (QED) is 0.400. The summed E-state index contributed by atoms with van der Waals surface area (Å²) in [6.07, 6.45) is 2.18. The lowest BCUT2D eigenvalue weighted by Gasteiger charge is -2.19. The third-order valence-electron chi connectivity index (χ3n) is 5.38. The Morgan fingerprint density at radius 2 is 1.90 bits per heavy atom. The van der Waals surface area contributed by atoms with E-state index in [0.717, 1.165) is 22.4 Å². The molecule has 0 bridgehead atoms. The number of nitrogens with one attached hydrogen (secondary N) is 1. The number of thiazole rings is 1. The van der Waals surface area contributed by atoms with E-state index in [1.165, 1.54) is 22.5 Å². The minimum atomic E-state index is -0.0251. The van der Waals surface area contributed by atoms with Crippen LogP contribution in [0.3, 0.4) is 0 Å². The number of amides is 1. The summed E-state index contributed by atoms with van der Waals surface area (Å²) in [4.78, 5) is 16.8. The highest BCUT2D eigenvalue weighted by Crippen LogP contribution is 2.30. The van der Waals surface area contributed by atoms with Gasteiger partial charge in [0.2, 0.25) is 5.91 Å². The maximum absolute atomic E-state index is 12.3. The van der Waals surface area contributed by atoms with E-state index >= 15 is 0 Å². The van der Waals surface area contributed by atoms with Crippen molar-refractivity contribution in [2.45, 2.75) is 65.2 Å². The molecule has 160 valence electrons. The van der Waals surface area contributed by atoms with E-state index in [9.17, 15) is 4.79 Å². The summed E-state index contributed by atoms with van der Waals surface area (Å²) < 4.78 is 6.89. The standard InChI is InChI=1S/C25H32N2O2S/c1-6-17(2)18-9-14-21-22(16-18)30-24(26-21)27-23(28)8-7-15-29-20-12-10-19(11-13-20)25(3,4)5/h9-14,16-17H,6-8,15H2,1-5H3,(H,26,27,28). The molecular weight excluding hydrogens is 392 g/mol. The van der Waals surface area contributed by atoms with Crippen LogP contribution in [-0.2, 0) is 10.2 Å². The van der Waals surface area contributed by atoms with Crippen molar-refractivity contribution in [1.29, 1.82) is 0 Å². The van der Waals surface area contributed by atoms with Crippen LogP contribution in [0.15, 0.2) is 42.5 Å². The van der Waals surface area contributed by atoms with Gasteiger partial charge < -0.3 is 10.1 Å². The van der Waals surface area contributed by atoms with E-state index in [2.05, 4.69) is 69.2 Å². The number of ether oxygens (including phenoxy) is 1. The number of carbonyl (C=O) groups excluding carboxylic acids is 1. The first-order valence-electron chi connectivity index (χ1n) is 10.7. The Labute approximate surface area is 183 Å². The normalized spacial score (nSPS) is 12.7. The summed E-state index contributed by atoms with van der Waals surface area (Å²) in [5, 5.41) is 3.59. The third-order valence-corrected chi connectivity index (χ3v) is 6.31. The Morgan fingerprint density at radius 1 is 1.17 bits per heavy atom. The van der Waals surface area contributed by atoms with Crippen LogP contribution in [0.1, 0.15) is 70.9 Å². The summed E-state index contributed by atoms with van der Waals surface area (Å²) in [5.74, 6) is 1.34. The van der Waals surface area contributed by atoms with Crippen molar-refractivity contribution in [3.05, 3.63) is 53.6 Å². The van der Waals surface area contributed by atoms with Crippen LogP contribution in [0.25, 0.3) is 10.2 Å². The number of benzene rings is 2. The molecule has 1 N–H and O–H groups in total. The lowest BCUT2D eigenvalue weighted by molar-refractivity contribution is -0.116. The van der Waals surface area contributed by atoms with Gasteiger partial charge in [0.15, 0.2) is 5.13 Å². The Bertz CT molecular complexity index is 987. The SMILES string of the molecule is CCC(C)c1ccc2nc(NC(=O)CCCOc3ccc(C(C)(C)C)cc3)sc2c1. The number of fused-ring (bicyclic) bond motifs is 1. The van der Waals surface area contributed by atoms with Crippen molar-refractivity contribution in [3.8, 4) is 5.75 Å². The molecular formula is C25H32N2O2S. The van der Waals surface area contributed by atoms with Gasteiger partial charge in [-0.2, -0.15) is 0 Å². The van der Waals surface area contributed by atoms with E-state index in [-0.39, 0.29) is 11.3 Å². The zero-order valence-electron chi connectivity index (χ0n) is 18.6. The van der Waals surface area contributed by atoms with Gasteiger partial charge in [-0.1, -0.05) is 64.2 Å². The summed E-state index contributed by atoms with van der Waals surface area (Å²) in [5.41, 5.74) is 3.66. The molecule has 0 aliphatic rings. The number of hydrogen-bond acceptors (Lipinski definition) is 4. The number of aromatic nitrogens is 1.